The molecule has 0 amide bonds. The molecule has 1 aliphatic rings. The third kappa shape index (κ3) is 3.11. The van der Waals surface area contributed by atoms with Gasteiger partial charge in [-0.3, -0.25) is 0 Å². The summed E-state index contributed by atoms with van der Waals surface area (Å²) < 4.78 is 10.8. The van der Waals surface area contributed by atoms with E-state index < -0.39 is 0 Å². The summed E-state index contributed by atoms with van der Waals surface area (Å²) in [6.07, 6.45) is 4.03. The van der Waals surface area contributed by atoms with Crippen molar-refractivity contribution in [2.45, 2.75) is 29.9 Å². The van der Waals surface area contributed by atoms with E-state index in [1.54, 1.807) is 13.4 Å². The van der Waals surface area contributed by atoms with Crippen LogP contribution in [0.1, 0.15) is 29.3 Å². The highest BCUT2D eigenvalue weighted by molar-refractivity contribution is 7.99. The number of fused-ring (bicyclic) bond motifs is 1. The second kappa shape index (κ2) is 6.58. The average molecular weight is 303 g/mol. The Morgan fingerprint density at radius 3 is 3.00 bits per heavy atom. The largest absolute Gasteiger partial charge is 0.497 e. The number of nitrogens with one attached hydrogen (secondary N) is 1. The van der Waals surface area contributed by atoms with Crippen LogP contribution in [0.2, 0.25) is 0 Å². The lowest BCUT2D eigenvalue weighted by molar-refractivity contribution is 0.412. The highest BCUT2D eigenvalue weighted by Gasteiger charge is 2.29. The third-order valence-corrected chi connectivity index (χ3v) is 5.47. The first-order chi connectivity index (χ1) is 10.3. The fraction of sp³-hybridized carbons (Fsp3) is 0.412. The Morgan fingerprint density at radius 1 is 1.38 bits per heavy atom. The van der Waals surface area contributed by atoms with Crippen molar-refractivity contribution < 1.29 is 9.15 Å². The first kappa shape index (κ1) is 14.5. The molecule has 0 saturated heterocycles. The fourth-order valence-electron chi connectivity index (χ4n) is 3.00. The Balaban J connectivity index is 1.75. The number of hydrogen-bond donors (Lipinski definition) is 1. The molecule has 1 N–H and O–H groups in total. The maximum Gasteiger partial charge on any atom is 0.119 e. The molecule has 4 heteroatoms. The van der Waals surface area contributed by atoms with E-state index in [-0.39, 0.29) is 0 Å². The van der Waals surface area contributed by atoms with Crippen molar-refractivity contribution in [2.75, 3.05) is 14.2 Å². The molecule has 3 rings (SSSR count). The number of ether oxygens (including phenoxy) is 1. The second-order valence-corrected chi connectivity index (χ2v) is 6.53. The van der Waals surface area contributed by atoms with Gasteiger partial charge in [0.05, 0.1) is 19.1 Å². The quantitative estimate of drug-likeness (QED) is 0.911. The normalized spacial score (nSPS) is 21.0. The topological polar surface area (TPSA) is 34.4 Å². The van der Waals surface area contributed by atoms with E-state index in [2.05, 4.69) is 23.5 Å². The van der Waals surface area contributed by atoms with Crippen molar-refractivity contribution in [3.05, 3.63) is 53.5 Å². The first-order valence-corrected chi connectivity index (χ1v) is 8.34. The molecular formula is C17H21NO2S. The molecule has 1 aliphatic carbocycles. The molecule has 1 aromatic carbocycles. The van der Waals surface area contributed by atoms with Crippen LogP contribution >= 0.6 is 11.8 Å². The molecule has 0 radical (unpaired) electrons. The molecule has 0 bridgehead atoms. The summed E-state index contributed by atoms with van der Waals surface area (Å²) in [6.45, 7) is 0. The lowest BCUT2D eigenvalue weighted by atomic mass is 9.87. The lowest BCUT2D eigenvalue weighted by Crippen LogP contribution is -2.32. The number of methoxy groups -OCH3 is 1. The van der Waals surface area contributed by atoms with E-state index in [1.165, 1.54) is 17.5 Å². The molecule has 2 aromatic rings. The number of hydrogen-bond acceptors (Lipinski definition) is 4. The number of aryl methyl sites for hydroxylation is 1. The summed E-state index contributed by atoms with van der Waals surface area (Å²) >= 11 is 1.97. The lowest BCUT2D eigenvalue weighted by Gasteiger charge is -2.33. The molecule has 112 valence electrons. The molecule has 21 heavy (non-hydrogen) atoms. The maximum atomic E-state index is 5.44. The minimum absolute atomic E-state index is 0.389. The van der Waals surface area contributed by atoms with E-state index in [9.17, 15) is 0 Å². The van der Waals surface area contributed by atoms with Crippen molar-refractivity contribution in [1.29, 1.82) is 0 Å². The van der Waals surface area contributed by atoms with Crippen LogP contribution in [0.4, 0.5) is 0 Å². The Morgan fingerprint density at radius 2 is 2.29 bits per heavy atom. The van der Waals surface area contributed by atoms with Gasteiger partial charge in [0, 0.05) is 11.3 Å². The fourth-order valence-corrected chi connectivity index (χ4v) is 4.30. The van der Waals surface area contributed by atoms with Gasteiger partial charge in [-0.1, -0.05) is 6.07 Å². The minimum Gasteiger partial charge on any atom is -0.497 e. The number of rotatable bonds is 5. The van der Waals surface area contributed by atoms with E-state index in [0.717, 1.165) is 23.7 Å². The zero-order valence-electron chi connectivity index (χ0n) is 12.5. The van der Waals surface area contributed by atoms with Crippen LogP contribution in [0, 0.1) is 0 Å². The molecule has 1 heterocycles. The average Bonchev–Trinajstić information content (AvgIpc) is 3.05. The molecule has 1 aromatic heterocycles. The van der Waals surface area contributed by atoms with Crippen molar-refractivity contribution in [3.63, 3.8) is 0 Å². The van der Waals surface area contributed by atoms with Gasteiger partial charge in [-0.15, -0.1) is 11.8 Å². The Labute approximate surface area is 130 Å². The predicted molar refractivity (Wildman–Crippen MR) is 86.9 cm³/mol. The van der Waals surface area contributed by atoms with Crippen molar-refractivity contribution >= 4 is 11.8 Å². The van der Waals surface area contributed by atoms with Crippen LogP contribution in [0.3, 0.4) is 0 Å². The highest BCUT2D eigenvalue weighted by atomic mass is 32.2. The molecule has 0 spiro atoms. The Kier molecular flexibility index (Phi) is 4.56. The van der Waals surface area contributed by atoms with E-state index in [1.807, 2.05) is 30.9 Å². The van der Waals surface area contributed by atoms with Gasteiger partial charge in [0.1, 0.15) is 11.5 Å². The maximum absolute atomic E-state index is 5.44. The molecule has 2 unspecified atom stereocenters. The van der Waals surface area contributed by atoms with Gasteiger partial charge in [0.25, 0.3) is 0 Å². The number of benzene rings is 1. The Bertz CT molecular complexity index is 582. The molecule has 3 nitrogen and oxygen atoms in total. The second-order valence-electron chi connectivity index (χ2n) is 5.30. The van der Waals surface area contributed by atoms with Crippen LogP contribution < -0.4 is 10.1 Å². The van der Waals surface area contributed by atoms with E-state index in [0.29, 0.717) is 11.3 Å². The van der Waals surface area contributed by atoms with Gasteiger partial charge >= 0.3 is 0 Å². The van der Waals surface area contributed by atoms with Gasteiger partial charge in [-0.2, -0.15) is 0 Å². The van der Waals surface area contributed by atoms with E-state index in [4.69, 9.17) is 9.15 Å². The predicted octanol–water partition coefficient (Wildman–Crippen LogP) is 3.80. The minimum atomic E-state index is 0.389. The highest BCUT2D eigenvalue weighted by Crippen LogP contribution is 2.39. The van der Waals surface area contributed by atoms with Crippen LogP contribution in [-0.2, 0) is 12.2 Å². The van der Waals surface area contributed by atoms with Crippen molar-refractivity contribution in [3.8, 4) is 5.75 Å². The van der Waals surface area contributed by atoms with Crippen LogP contribution in [-0.4, -0.2) is 19.4 Å². The summed E-state index contributed by atoms with van der Waals surface area (Å²) in [5.74, 6) is 2.93. The van der Waals surface area contributed by atoms with Gasteiger partial charge in [0.2, 0.25) is 0 Å². The summed E-state index contributed by atoms with van der Waals surface area (Å²) in [7, 11) is 3.77. The monoisotopic (exact) mass is 303 g/mol. The number of thioether (sulfide) groups is 1. The molecular weight excluding hydrogens is 282 g/mol. The summed E-state index contributed by atoms with van der Waals surface area (Å²) in [5, 5.41) is 4.06. The van der Waals surface area contributed by atoms with Crippen LogP contribution in [0.5, 0.6) is 5.75 Å². The zero-order valence-corrected chi connectivity index (χ0v) is 13.3. The smallest absolute Gasteiger partial charge is 0.119 e. The zero-order chi connectivity index (χ0) is 14.7. The van der Waals surface area contributed by atoms with Crippen molar-refractivity contribution in [1.82, 2.24) is 5.32 Å². The Hall–Kier alpha value is -1.39. The van der Waals surface area contributed by atoms with Gasteiger partial charge < -0.3 is 14.5 Å². The van der Waals surface area contributed by atoms with Crippen LogP contribution in [0.15, 0.2) is 41.0 Å². The summed E-state index contributed by atoms with van der Waals surface area (Å²) in [6, 6.07) is 10.8. The van der Waals surface area contributed by atoms with Gasteiger partial charge in [0.15, 0.2) is 0 Å². The molecule has 0 fully saturated rings. The van der Waals surface area contributed by atoms with E-state index >= 15 is 0 Å². The van der Waals surface area contributed by atoms with Crippen LogP contribution in [0.25, 0.3) is 0 Å². The summed E-state index contributed by atoms with van der Waals surface area (Å²) in [5.41, 5.74) is 2.81. The van der Waals surface area contributed by atoms with Crippen molar-refractivity contribution in [2.24, 2.45) is 0 Å². The molecule has 2 atom stereocenters. The van der Waals surface area contributed by atoms with Gasteiger partial charge in [-0.25, -0.2) is 0 Å². The first-order valence-electron chi connectivity index (χ1n) is 7.30. The SMILES string of the molecule is CNC1c2ccc(OC)cc2CCC1SCc1ccco1. The van der Waals surface area contributed by atoms with Gasteiger partial charge in [-0.05, 0) is 55.3 Å². The standard InChI is InChI=1S/C17H21NO2S/c1-18-17-15-7-6-13(19-2)10-12(15)5-8-16(17)21-11-14-4-3-9-20-14/h3-4,6-7,9-10,16-18H,5,8,11H2,1-2H3. The summed E-state index contributed by atoms with van der Waals surface area (Å²) in [4.78, 5) is 0. The number of furan rings is 1. The molecule has 0 saturated carbocycles. The third-order valence-electron chi connectivity index (χ3n) is 4.09. The molecule has 0 aliphatic heterocycles.